The van der Waals surface area contributed by atoms with E-state index in [1.165, 1.54) is 6.42 Å². The van der Waals surface area contributed by atoms with E-state index in [9.17, 15) is 4.79 Å². The predicted octanol–water partition coefficient (Wildman–Crippen LogP) is 1.47. The third-order valence-corrected chi connectivity index (χ3v) is 4.51. The van der Waals surface area contributed by atoms with E-state index in [2.05, 4.69) is 22.3 Å². The highest BCUT2D eigenvalue weighted by molar-refractivity contribution is 5.74. The maximum Gasteiger partial charge on any atom is 0.317 e. The molecule has 2 fully saturated rings. The molecule has 2 aliphatic rings. The van der Waals surface area contributed by atoms with Crippen LogP contribution in [0.25, 0.3) is 0 Å². The van der Waals surface area contributed by atoms with Crippen molar-refractivity contribution in [3.8, 4) is 0 Å². The summed E-state index contributed by atoms with van der Waals surface area (Å²) in [6.07, 6.45) is 1.26. The van der Waals surface area contributed by atoms with Crippen LogP contribution in [0.5, 0.6) is 0 Å². The van der Waals surface area contributed by atoms with Crippen molar-refractivity contribution >= 4 is 6.03 Å². The van der Waals surface area contributed by atoms with E-state index in [0.717, 1.165) is 56.6 Å². The van der Waals surface area contributed by atoms with Crippen molar-refractivity contribution in [2.24, 2.45) is 11.8 Å². The van der Waals surface area contributed by atoms with Gasteiger partial charge in [-0.05, 0) is 25.2 Å². The molecule has 1 aromatic rings. The summed E-state index contributed by atoms with van der Waals surface area (Å²) in [7, 11) is 0. The van der Waals surface area contributed by atoms with E-state index in [1.54, 1.807) is 0 Å². The van der Waals surface area contributed by atoms with Crippen molar-refractivity contribution in [2.45, 2.75) is 26.8 Å². The molecule has 116 valence electrons. The van der Waals surface area contributed by atoms with Crippen LogP contribution in [0.1, 0.15) is 24.8 Å². The summed E-state index contributed by atoms with van der Waals surface area (Å²) in [6, 6.07) is 2.06. The molecule has 1 aliphatic heterocycles. The molecule has 0 bridgehead atoms. The summed E-state index contributed by atoms with van der Waals surface area (Å²) >= 11 is 0. The first kappa shape index (κ1) is 14.4. The Morgan fingerprint density at radius 2 is 2.14 bits per heavy atom. The van der Waals surface area contributed by atoms with Crippen molar-refractivity contribution in [3.63, 3.8) is 0 Å². The standard InChI is InChI=1S/C15H24N4O2/c1-11-7-13(11)9-16-15(20)19-5-3-18(4-6-19)10-14-8-12(2)21-17-14/h8,11,13H,3-7,9-10H2,1-2H3,(H,16,20)/t11-,13-/m1/s1. The van der Waals surface area contributed by atoms with Crippen LogP contribution in [0.4, 0.5) is 4.79 Å². The number of amides is 2. The average molecular weight is 292 g/mol. The van der Waals surface area contributed by atoms with Crippen LogP contribution < -0.4 is 5.32 Å². The third-order valence-electron chi connectivity index (χ3n) is 4.51. The Morgan fingerprint density at radius 3 is 2.71 bits per heavy atom. The van der Waals surface area contributed by atoms with Crippen molar-refractivity contribution in [3.05, 3.63) is 17.5 Å². The fourth-order valence-electron chi connectivity index (χ4n) is 2.84. The normalized spacial score (nSPS) is 25.9. The van der Waals surface area contributed by atoms with Crippen molar-refractivity contribution in [1.82, 2.24) is 20.3 Å². The largest absolute Gasteiger partial charge is 0.361 e. The zero-order valence-electron chi connectivity index (χ0n) is 12.8. The van der Waals surface area contributed by atoms with E-state index in [1.807, 2.05) is 17.9 Å². The maximum absolute atomic E-state index is 12.1. The number of nitrogens with one attached hydrogen (secondary N) is 1. The molecule has 1 saturated carbocycles. The first-order valence-electron chi connectivity index (χ1n) is 7.79. The molecule has 1 saturated heterocycles. The first-order chi connectivity index (χ1) is 10.1. The van der Waals surface area contributed by atoms with Gasteiger partial charge in [0.25, 0.3) is 0 Å². The van der Waals surface area contributed by atoms with Gasteiger partial charge in [0.15, 0.2) is 0 Å². The SMILES string of the molecule is Cc1cc(CN2CCN(C(=O)NC[C@H]3C[C@H]3C)CC2)no1. The second-order valence-corrected chi connectivity index (χ2v) is 6.35. The molecule has 0 radical (unpaired) electrons. The van der Waals surface area contributed by atoms with Crippen LogP contribution in [0.15, 0.2) is 10.6 Å². The fourth-order valence-corrected chi connectivity index (χ4v) is 2.84. The molecule has 2 amide bonds. The highest BCUT2D eigenvalue weighted by Crippen LogP contribution is 2.36. The number of piperazine rings is 1. The first-order valence-corrected chi connectivity index (χ1v) is 7.79. The smallest absolute Gasteiger partial charge is 0.317 e. The van der Waals surface area contributed by atoms with Gasteiger partial charge in [0.2, 0.25) is 0 Å². The minimum atomic E-state index is 0.0889. The Bertz CT molecular complexity index is 494. The zero-order valence-corrected chi connectivity index (χ0v) is 12.8. The fraction of sp³-hybridized carbons (Fsp3) is 0.733. The molecular formula is C15H24N4O2. The van der Waals surface area contributed by atoms with Gasteiger partial charge in [-0.3, -0.25) is 4.90 Å². The van der Waals surface area contributed by atoms with E-state index < -0.39 is 0 Å². The average Bonchev–Trinajstić information content (AvgIpc) is 3.03. The Labute approximate surface area is 125 Å². The quantitative estimate of drug-likeness (QED) is 0.913. The van der Waals surface area contributed by atoms with Crippen LogP contribution in [0.3, 0.4) is 0 Å². The molecule has 2 heterocycles. The molecule has 3 rings (SSSR count). The molecule has 21 heavy (non-hydrogen) atoms. The van der Waals surface area contributed by atoms with Gasteiger partial charge in [0, 0.05) is 45.3 Å². The summed E-state index contributed by atoms with van der Waals surface area (Å²) in [6.45, 7) is 9.11. The highest BCUT2D eigenvalue weighted by Gasteiger charge is 2.33. The molecule has 6 heteroatoms. The van der Waals surface area contributed by atoms with E-state index >= 15 is 0 Å². The number of nitrogens with zero attached hydrogens (tertiary/aromatic N) is 3. The van der Waals surface area contributed by atoms with Gasteiger partial charge < -0.3 is 14.7 Å². The minimum Gasteiger partial charge on any atom is -0.361 e. The Hall–Kier alpha value is -1.56. The predicted molar refractivity (Wildman–Crippen MR) is 78.8 cm³/mol. The number of rotatable bonds is 4. The van der Waals surface area contributed by atoms with Gasteiger partial charge in [0.05, 0.1) is 5.69 Å². The monoisotopic (exact) mass is 292 g/mol. The number of aromatic nitrogens is 1. The summed E-state index contributed by atoms with van der Waals surface area (Å²) in [5, 5.41) is 7.07. The van der Waals surface area contributed by atoms with Gasteiger partial charge >= 0.3 is 6.03 Å². The minimum absolute atomic E-state index is 0.0889. The van der Waals surface area contributed by atoms with E-state index in [-0.39, 0.29) is 6.03 Å². The summed E-state index contributed by atoms with van der Waals surface area (Å²) < 4.78 is 5.08. The molecule has 6 nitrogen and oxygen atoms in total. The van der Waals surface area contributed by atoms with E-state index in [0.29, 0.717) is 5.92 Å². The molecule has 0 unspecified atom stereocenters. The lowest BCUT2D eigenvalue weighted by Crippen LogP contribution is -2.51. The molecule has 1 aliphatic carbocycles. The lowest BCUT2D eigenvalue weighted by atomic mass is 10.3. The number of carbonyl (C=O) groups excluding carboxylic acids is 1. The Morgan fingerprint density at radius 1 is 1.43 bits per heavy atom. The number of hydrogen-bond donors (Lipinski definition) is 1. The van der Waals surface area contributed by atoms with Crippen LogP contribution >= 0.6 is 0 Å². The lowest BCUT2D eigenvalue weighted by Gasteiger charge is -2.34. The topological polar surface area (TPSA) is 61.6 Å². The van der Waals surface area contributed by atoms with Crippen molar-refractivity contribution in [1.29, 1.82) is 0 Å². The highest BCUT2D eigenvalue weighted by atomic mass is 16.5. The number of carbonyl (C=O) groups is 1. The van der Waals surface area contributed by atoms with Crippen LogP contribution in [0.2, 0.25) is 0 Å². The Balaban J connectivity index is 1.39. The second-order valence-electron chi connectivity index (χ2n) is 6.35. The Kier molecular flexibility index (Phi) is 4.14. The van der Waals surface area contributed by atoms with E-state index in [4.69, 9.17) is 4.52 Å². The molecule has 2 atom stereocenters. The van der Waals surface area contributed by atoms with Gasteiger partial charge in [-0.15, -0.1) is 0 Å². The summed E-state index contributed by atoms with van der Waals surface area (Å²) in [5.41, 5.74) is 0.966. The second kappa shape index (κ2) is 6.05. The van der Waals surface area contributed by atoms with Crippen LogP contribution in [0, 0.1) is 18.8 Å². The number of aryl methyl sites for hydroxylation is 1. The molecule has 1 N–H and O–H groups in total. The number of hydrogen-bond acceptors (Lipinski definition) is 4. The molecule has 0 spiro atoms. The molecule has 0 aromatic carbocycles. The molecular weight excluding hydrogens is 268 g/mol. The molecule has 1 aromatic heterocycles. The van der Waals surface area contributed by atoms with Gasteiger partial charge in [-0.25, -0.2) is 4.79 Å². The van der Waals surface area contributed by atoms with Crippen molar-refractivity contribution in [2.75, 3.05) is 32.7 Å². The van der Waals surface area contributed by atoms with Crippen LogP contribution in [-0.4, -0.2) is 53.7 Å². The van der Waals surface area contributed by atoms with Gasteiger partial charge in [0.1, 0.15) is 5.76 Å². The summed E-state index contributed by atoms with van der Waals surface area (Å²) in [4.78, 5) is 16.3. The summed E-state index contributed by atoms with van der Waals surface area (Å²) in [5.74, 6) is 2.33. The maximum atomic E-state index is 12.1. The zero-order chi connectivity index (χ0) is 14.8. The third kappa shape index (κ3) is 3.75. The van der Waals surface area contributed by atoms with Crippen LogP contribution in [-0.2, 0) is 6.54 Å². The number of urea groups is 1. The van der Waals surface area contributed by atoms with Crippen molar-refractivity contribution < 1.29 is 9.32 Å². The van der Waals surface area contributed by atoms with Gasteiger partial charge in [-0.2, -0.15) is 0 Å². The lowest BCUT2D eigenvalue weighted by molar-refractivity contribution is 0.133. The van der Waals surface area contributed by atoms with Gasteiger partial charge in [-0.1, -0.05) is 12.1 Å².